The summed E-state index contributed by atoms with van der Waals surface area (Å²) >= 11 is 0. The number of aryl methyl sites for hydroxylation is 2. The average Bonchev–Trinajstić information content (AvgIpc) is 3.23. The number of amides is 1. The molecule has 0 radical (unpaired) electrons. The van der Waals surface area contributed by atoms with Crippen LogP contribution in [0.4, 0.5) is 0 Å². The predicted octanol–water partition coefficient (Wildman–Crippen LogP) is 2.44. The number of rotatable bonds is 3. The maximum Gasteiger partial charge on any atom is 0.225 e. The predicted molar refractivity (Wildman–Crippen MR) is 81.4 cm³/mol. The SMILES string of the molecule is Cc1ccc(C)n1Cc1noc2c1CN(C(=O)C1CC1)CC2. The first-order valence-corrected chi connectivity index (χ1v) is 8.01. The fourth-order valence-electron chi connectivity index (χ4n) is 3.26. The molecular formula is C17H21N3O2. The van der Waals surface area contributed by atoms with Crippen LogP contribution in [-0.4, -0.2) is 27.1 Å². The molecule has 0 bridgehead atoms. The fourth-order valence-corrected chi connectivity index (χ4v) is 3.26. The molecule has 0 atom stereocenters. The quantitative estimate of drug-likeness (QED) is 0.874. The lowest BCUT2D eigenvalue weighted by atomic mass is 10.1. The van der Waals surface area contributed by atoms with Gasteiger partial charge in [0.25, 0.3) is 0 Å². The third-order valence-corrected chi connectivity index (χ3v) is 4.87. The van der Waals surface area contributed by atoms with Crippen LogP contribution in [0.2, 0.25) is 0 Å². The van der Waals surface area contributed by atoms with Gasteiger partial charge < -0.3 is 14.0 Å². The minimum absolute atomic E-state index is 0.277. The van der Waals surface area contributed by atoms with Crippen molar-refractivity contribution in [3.63, 3.8) is 0 Å². The third kappa shape index (κ3) is 2.25. The Balaban J connectivity index is 1.59. The molecule has 5 nitrogen and oxygen atoms in total. The summed E-state index contributed by atoms with van der Waals surface area (Å²) in [5.41, 5.74) is 4.52. The van der Waals surface area contributed by atoms with Gasteiger partial charge >= 0.3 is 0 Å². The average molecular weight is 299 g/mol. The van der Waals surface area contributed by atoms with Gasteiger partial charge in [0, 0.05) is 35.8 Å². The van der Waals surface area contributed by atoms with Crippen molar-refractivity contribution in [1.29, 1.82) is 0 Å². The summed E-state index contributed by atoms with van der Waals surface area (Å²) in [6.45, 7) is 6.33. The molecule has 116 valence electrons. The van der Waals surface area contributed by atoms with Crippen LogP contribution < -0.4 is 0 Å². The molecule has 0 saturated heterocycles. The van der Waals surface area contributed by atoms with Crippen molar-refractivity contribution in [3.05, 3.63) is 40.5 Å². The Bertz CT molecular complexity index is 705. The lowest BCUT2D eigenvalue weighted by Crippen LogP contribution is -2.36. The van der Waals surface area contributed by atoms with E-state index in [9.17, 15) is 4.79 Å². The zero-order chi connectivity index (χ0) is 15.3. The van der Waals surface area contributed by atoms with E-state index < -0.39 is 0 Å². The molecule has 22 heavy (non-hydrogen) atoms. The molecule has 2 aliphatic rings. The molecule has 3 heterocycles. The van der Waals surface area contributed by atoms with E-state index in [2.05, 4.69) is 35.7 Å². The molecule has 1 amide bonds. The van der Waals surface area contributed by atoms with Gasteiger partial charge in [-0.1, -0.05) is 5.16 Å². The van der Waals surface area contributed by atoms with Crippen LogP contribution in [0, 0.1) is 19.8 Å². The van der Waals surface area contributed by atoms with Crippen molar-refractivity contribution in [2.45, 2.75) is 46.2 Å². The third-order valence-electron chi connectivity index (χ3n) is 4.87. The van der Waals surface area contributed by atoms with Crippen molar-refractivity contribution < 1.29 is 9.32 Å². The van der Waals surface area contributed by atoms with E-state index >= 15 is 0 Å². The summed E-state index contributed by atoms with van der Waals surface area (Å²) < 4.78 is 7.75. The molecule has 1 aliphatic heterocycles. The lowest BCUT2D eigenvalue weighted by molar-refractivity contribution is -0.133. The Hall–Kier alpha value is -2.04. The second-order valence-corrected chi connectivity index (χ2v) is 6.52. The second kappa shape index (κ2) is 5.00. The van der Waals surface area contributed by atoms with E-state index in [4.69, 9.17) is 4.52 Å². The Labute approximate surface area is 129 Å². The van der Waals surface area contributed by atoms with Crippen LogP contribution in [-0.2, 0) is 24.3 Å². The first kappa shape index (κ1) is 13.6. The number of carbonyl (C=O) groups is 1. The van der Waals surface area contributed by atoms with Crippen molar-refractivity contribution in [2.24, 2.45) is 5.92 Å². The van der Waals surface area contributed by atoms with E-state index in [0.29, 0.717) is 12.5 Å². The minimum atomic E-state index is 0.277. The highest BCUT2D eigenvalue weighted by atomic mass is 16.5. The van der Waals surface area contributed by atoms with E-state index in [1.807, 2.05) is 4.90 Å². The minimum Gasteiger partial charge on any atom is -0.361 e. The normalized spacial score (nSPS) is 17.6. The molecule has 5 heteroatoms. The Morgan fingerprint density at radius 3 is 2.73 bits per heavy atom. The van der Waals surface area contributed by atoms with Crippen molar-refractivity contribution in [3.8, 4) is 0 Å². The number of fused-ring (bicyclic) bond motifs is 1. The molecule has 0 N–H and O–H groups in total. The summed E-state index contributed by atoms with van der Waals surface area (Å²) in [6.07, 6.45) is 2.89. The number of hydrogen-bond acceptors (Lipinski definition) is 3. The highest BCUT2D eigenvalue weighted by molar-refractivity contribution is 5.81. The van der Waals surface area contributed by atoms with Crippen LogP contribution in [0.5, 0.6) is 0 Å². The molecule has 0 unspecified atom stereocenters. The van der Waals surface area contributed by atoms with Gasteiger partial charge in [-0.2, -0.15) is 0 Å². The zero-order valence-corrected chi connectivity index (χ0v) is 13.1. The number of aromatic nitrogens is 2. The van der Waals surface area contributed by atoms with E-state index in [1.54, 1.807) is 0 Å². The van der Waals surface area contributed by atoms with E-state index in [0.717, 1.165) is 49.4 Å². The molecule has 2 aromatic rings. The van der Waals surface area contributed by atoms with Crippen LogP contribution >= 0.6 is 0 Å². The summed E-state index contributed by atoms with van der Waals surface area (Å²) in [5.74, 6) is 1.54. The number of hydrogen-bond donors (Lipinski definition) is 0. The largest absolute Gasteiger partial charge is 0.361 e. The Morgan fingerprint density at radius 2 is 2.05 bits per heavy atom. The van der Waals surface area contributed by atoms with Gasteiger partial charge in [0.1, 0.15) is 11.5 Å². The molecule has 1 fully saturated rings. The Morgan fingerprint density at radius 1 is 1.32 bits per heavy atom. The van der Waals surface area contributed by atoms with Crippen molar-refractivity contribution >= 4 is 5.91 Å². The molecule has 1 aliphatic carbocycles. The molecule has 4 rings (SSSR count). The van der Waals surface area contributed by atoms with Gasteiger partial charge in [-0.05, 0) is 38.8 Å². The summed E-state index contributed by atoms with van der Waals surface area (Å²) in [7, 11) is 0. The second-order valence-electron chi connectivity index (χ2n) is 6.52. The molecular weight excluding hydrogens is 278 g/mol. The van der Waals surface area contributed by atoms with Gasteiger partial charge in [-0.25, -0.2) is 0 Å². The summed E-state index contributed by atoms with van der Waals surface area (Å²) in [4.78, 5) is 14.3. The van der Waals surface area contributed by atoms with Crippen LogP contribution in [0.3, 0.4) is 0 Å². The van der Waals surface area contributed by atoms with Gasteiger partial charge in [-0.3, -0.25) is 4.79 Å². The molecule has 1 saturated carbocycles. The zero-order valence-electron chi connectivity index (χ0n) is 13.1. The highest BCUT2D eigenvalue weighted by Gasteiger charge is 2.36. The maximum absolute atomic E-state index is 12.3. The first-order chi connectivity index (χ1) is 10.6. The van der Waals surface area contributed by atoms with Crippen molar-refractivity contribution in [1.82, 2.24) is 14.6 Å². The van der Waals surface area contributed by atoms with Crippen LogP contribution in [0.1, 0.15) is 41.2 Å². The fraction of sp³-hybridized carbons (Fsp3) is 0.529. The maximum atomic E-state index is 12.3. The van der Waals surface area contributed by atoms with Gasteiger partial charge in [0.15, 0.2) is 0 Å². The molecule has 0 spiro atoms. The van der Waals surface area contributed by atoms with Crippen LogP contribution in [0.25, 0.3) is 0 Å². The van der Waals surface area contributed by atoms with Gasteiger partial charge in [0.2, 0.25) is 5.91 Å². The van der Waals surface area contributed by atoms with E-state index in [-0.39, 0.29) is 5.92 Å². The monoisotopic (exact) mass is 299 g/mol. The van der Waals surface area contributed by atoms with Gasteiger partial charge in [-0.15, -0.1) is 0 Å². The number of carbonyl (C=O) groups excluding carboxylic acids is 1. The summed E-state index contributed by atoms with van der Waals surface area (Å²) in [6, 6.07) is 4.23. The lowest BCUT2D eigenvalue weighted by Gasteiger charge is -2.26. The first-order valence-electron chi connectivity index (χ1n) is 8.01. The molecule has 0 aromatic carbocycles. The van der Waals surface area contributed by atoms with Gasteiger partial charge in [0.05, 0.1) is 13.1 Å². The smallest absolute Gasteiger partial charge is 0.225 e. The Kier molecular flexibility index (Phi) is 3.10. The summed E-state index contributed by atoms with van der Waals surface area (Å²) in [5, 5.41) is 4.28. The highest BCUT2D eigenvalue weighted by Crippen LogP contribution is 2.33. The van der Waals surface area contributed by atoms with Crippen molar-refractivity contribution in [2.75, 3.05) is 6.54 Å². The van der Waals surface area contributed by atoms with E-state index in [1.165, 1.54) is 11.4 Å². The topological polar surface area (TPSA) is 51.3 Å². The standard InChI is InChI=1S/C17H21N3O2/c1-11-3-4-12(2)20(11)10-15-14-9-19(17(21)13-5-6-13)8-7-16(14)22-18-15/h3-4,13H,5-10H2,1-2H3. The van der Waals surface area contributed by atoms with Crippen LogP contribution in [0.15, 0.2) is 16.7 Å². The number of nitrogens with zero attached hydrogens (tertiary/aromatic N) is 3. The molecule has 2 aromatic heterocycles.